The topological polar surface area (TPSA) is 98.9 Å². The van der Waals surface area contributed by atoms with Crippen molar-refractivity contribution in [1.29, 1.82) is 0 Å². The first-order valence-corrected chi connectivity index (χ1v) is 14.9. The fourth-order valence-corrected chi connectivity index (χ4v) is 6.80. The minimum Gasteiger partial charge on any atom is -0.465 e. The molecule has 0 radical (unpaired) electrons. The fraction of sp³-hybridized carbons (Fsp3) is 0.258. The molecule has 0 saturated heterocycles. The first kappa shape index (κ1) is 28.9. The number of halogens is 2. The van der Waals surface area contributed by atoms with Crippen molar-refractivity contribution in [2.45, 2.75) is 32.1 Å². The van der Waals surface area contributed by atoms with E-state index in [0.717, 1.165) is 4.88 Å². The maximum atomic E-state index is 14.7. The van der Waals surface area contributed by atoms with Crippen molar-refractivity contribution in [3.05, 3.63) is 109 Å². The molecule has 1 aromatic heterocycles. The van der Waals surface area contributed by atoms with Crippen molar-refractivity contribution in [2.24, 2.45) is 11.7 Å². The molecule has 3 aromatic rings. The highest BCUT2D eigenvalue weighted by atomic mass is 35.5. The number of nitrogens with two attached hydrogens (primary N) is 1. The van der Waals surface area contributed by atoms with Gasteiger partial charge in [-0.3, -0.25) is 14.5 Å². The van der Waals surface area contributed by atoms with Crippen molar-refractivity contribution in [2.75, 3.05) is 18.1 Å². The Kier molecular flexibility index (Phi) is 8.54. The fourth-order valence-electron chi connectivity index (χ4n) is 5.61. The Labute approximate surface area is 252 Å². The first-order chi connectivity index (χ1) is 19.8. The van der Waals surface area contributed by atoms with Crippen LogP contribution >= 0.6 is 34.5 Å². The van der Waals surface area contributed by atoms with Gasteiger partial charge in [0.2, 0.25) is 0 Å². The molecule has 1 aliphatic carbocycles. The van der Waals surface area contributed by atoms with E-state index in [1.807, 2.05) is 17.5 Å². The van der Waals surface area contributed by atoms with Crippen LogP contribution in [0.4, 0.5) is 5.69 Å². The van der Waals surface area contributed by atoms with Gasteiger partial charge in [0.25, 0.3) is 0 Å². The van der Waals surface area contributed by atoms with E-state index in [1.165, 1.54) is 11.3 Å². The van der Waals surface area contributed by atoms with E-state index in [-0.39, 0.29) is 30.2 Å². The van der Waals surface area contributed by atoms with Gasteiger partial charge in [0.1, 0.15) is 11.7 Å². The van der Waals surface area contributed by atoms with E-state index in [1.54, 1.807) is 67.3 Å². The zero-order valence-electron chi connectivity index (χ0n) is 22.4. The lowest BCUT2D eigenvalue weighted by Gasteiger charge is -2.43. The molecule has 0 saturated carbocycles. The maximum Gasteiger partial charge on any atom is 0.338 e. The summed E-state index contributed by atoms with van der Waals surface area (Å²) in [5, 5.41) is 2.85. The summed E-state index contributed by atoms with van der Waals surface area (Å²) >= 11 is 14.1. The van der Waals surface area contributed by atoms with Crippen LogP contribution in [0.25, 0.3) is 0 Å². The number of anilines is 1. The minimum atomic E-state index is -1.11. The van der Waals surface area contributed by atoms with Crippen LogP contribution in [0, 0.1) is 5.92 Å². The molecular weight excluding hydrogens is 583 g/mol. The quantitative estimate of drug-likeness (QED) is 0.238. The van der Waals surface area contributed by atoms with Crippen molar-refractivity contribution in [3.63, 3.8) is 0 Å². The summed E-state index contributed by atoms with van der Waals surface area (Å²) in [6.07, 6.45) is 0.293. The molecule has 2 aromatic carbocycles. The van der Waals surface area contributed by atoms with Crippen LogP contribution in [0.2, 0.25) is 10.0 Å². The zero-order chi connectivity index (χ0) is 29.3. The van der Waals surface area contributed by atoms with Gasteiger partial charge >= 0.3 is 11.9 Å². The highest BCUT2D eigenvalue weighted by Crippen LogP contribution is 2.52. The Morgan fingerprint density at radius 3 is 2.37 bits per heavy atom. The zero-order valence-corrected chi connectivity index (χ0v) is 24.8. The number of ether oxygens (including phenoxy) is 2. The van der Waals surface area contributed by atoms with Gasteiger partial charge in [-0.05, 0) is 73.7 Å². The van der Waals surface area contributed by atoms with Crippen molar-refractivity contribution < 1.29 is 23.9 Å². The molecule has 3 atom stereocenters. The molecule has 5 rings (SSSR count). The molecule has 2 N–H and O–H groups in total. The van der Waals surface area contributed by atoms with E-state index >= 15 is 0 Å². The lowest BCUT2D eigenvalue weighted by Crippen LogP contribution is -2.46. The Balaban J connectivity index is 1.82. The number of allylic oxidation sites excluding steroid dienone is 2. The number of Topliss-reactive ketones (excluding diaryl/α,β-unsaturated/α-hetero) is 1. The second kappa shape index (κ2) is 12.1. The van der Waals surface area contributed by atoms with Gasteiger partial charge in [0, 0.05) is 37.8 Å². The Bertz CT molecular complexity index is 1550. The number of ketones is 1. The Morgan fingerprint density at radius 1 is 1.00 bits per heavy atom. The van der Waals surface area contributed by atoms with Crippen LogP contribution < -0.4 is 10.6 Å². The van der Waals surface area contributed by atoms with E-state index in [2.05, 4.69) is 0 Å². The Morgan fingerprint density at radius 2 is 1.73 bits per heavy atom. The second-order valence-corrected chi connectivity index (χ2v) is 11.5. The molecular formula is C31H28Cl2N2O5S. The standard InChI is InChI=1S/C31H28Cl2N2O5S/c1-3-39-30(37)25-21(23-9-6-14-41-23)16-22-26(28(25)36)24(17-7-5-8-19(33)15-17)27(31(38)40-4-2)29(34)35(22)20-12-10-18(32)11-13-20/h5-15,21,24-25H,3-4,16,34H2,1-2H3. The molecule has 2 heterocycles. The molecule has 0 bridgehead atoms. The third kappa shape index (κ3) is 5.39. The maximum absolute atomic E-state index is 14.7. The minimum absolute atomic E-state index is 0.0911. The molecule has 0 amide bonds. The first-order valence-electron chi connectivity index (χ1n) is 13.2. The summed E-state index contributed by atoms with van der Waals surface area (Å²) < 4.78 is 10.9. The van der Waals surface area contributed by atoms with Crippen LogP contribution in [0.3, 0.4) is 0 Å². The summed E-state index contributed by atoms with van der Waals surface area (Å²) in [6, 6.07) is 17.7. The monoisotopic (exact) mass is 610 g/mol. The molecule has 212 valence electrons. The van der Waals surface area contributed by atoms with Gasteiger partial charge < -0.3 is 15.2 Å². The van der Waals surface area contributed by atoms with E-state index in [9.17, 15) is 14.4 Å². The summed E-state index contributed by atoms with van der Waals surface area (Å²) in [5.41, 5.74) is 9.01. The number of rotatable bonds is 7. The Hall–Kier alpha value is -3.59. The number of esters is 2. The van der Waals surface area contributed by atoms with Crippen LogP contribution in [-0.4, -0.2) is 30.9 Å². The molecule has 7 nitrogen and oxygen atoms in total. The molecule has 1 aliphatic heterocycles. The highest BCUT2D eigenvalue weighted by molar-refractivity contribution is 7.10. The van der Waals surface area contributed by atoms with Crippen molar-refractivity contribution in [1.82, 2.24) is 0 Å². The summed E-state index contributed by atoms with van der Waals surface area (Å²) in [4.78, 5) is 44.3. The molecule has 0 spiro atoms. The predicted molar refractivity (Wildman–Crippen MR) is 160 cm³/mol. The van der Waals surface area contributed by atoms with Crippen molar-refractivity contribution in [3.8, 4) is 0 Å². The van der Waals surface area contributed by atoms with Gasteiger partial charge in [0.15, 0.2) is 5.78 Å². The molecule has 41 heavy (non-hydrogen) atoms. The van der Waals surface area contributed by atoms with Crippen LogP contribution in [-0.2, 0) is 23.9 Å². The van der Waals surface area contributed by atoms with E-state index < -0.39 is 35.5 Å². The van der Waals surface area contributed by atoms with Gasteiger partial charge in [-0.2, -0.15) is 0 Å². The average Bonchev–Trinajstić information content (AvgIpc) is 3.48. The van der Waals surface area contributed by atoms with E-state index in [4.69, 9.17) is 38.4 Å². The van der Waals surface area contributed by atoms with Gasteiger partial charge in [0.05, 0.1) is 24.7 Å². The molecule has 2 aliphatic rings. The third-order valence-electron chi connectivity index (χ3n) is 7.25. The number of thiophene rings is 1. The molecule has 10 heteroatoms. The largest absolute Gasteiger partial charge is 0.465 e. The SMILES string of the molecule is CCOC(=O)C1=C(N)N(c2ccc(Cl)cc2)C2=C(C(=O)C(C(=O)OCC)C(c3cccs3)C2)C1c1cccc(Cl)c1. The predicted octanol–water partition coefficient (Wildman–Crippen LogP) is 6.58. The lowest BCUT2D eigenvalue weighted by molar-refractivity contribution is -0.152. The normalized spacial score (nSPS) is 20.6. The number of hydrogen-bond donors (Lipinski definition) is 1. The number of carbonyl (C=O) groups excluding carboxylic acids is 3. The smallest absolute Gasteiger partial charge is 0.338 e. The van der Waals surface area contributed by atoms with Gasteiger partial charge in [-0.25, -0.2) is 4.79 Å². The van der Waals surface area contributed by atoms with Gasteiger partial charge in [-0.15, -0.1) is 11.3 Å². The van der Waals surface area contributed by atoms with E-state index in [0.29, 0.717) is 33.4 Å². The van der Waals surface area contributed by atoms with Gasteiger partial charge in [-0.1, -0.05) is 41.4 Å². The second-order valence-electron chi connectivity index (χ2n) is 9.60. The number of hydrogen-bond acceptors (Lipinski definition) is 8. The summed E-state index contributed by atoms with van der Waals surface area (Å²) in [7, 11) is 0. The summed E-state index contributed by atoms with van der Waals surface area (Å²) in [5.74, 6) is -4.09. The molecule has 3 unspecified atom stereocenters. The number of nitrogens with zero attached hydrogens (tertiary/aromatic N) is 1. The number of carbonyl (C=O) groups is 3. The lowest BCUT2D eigenvalue weighted by atomic mass is 9.68. The van der Waals surface area contributed by atoms with Crippen molar-refractivity contribution >= 4 is 57.9 Å². The number of benzene rings is 2. The van der Waals surface area contributed by atoms with Crippen LogP contribution in [0.1, 0.15) is 42.5 Å². The van der Waals surface area contributed by atoms with Crippen LogP contribution in [0.5, 0.6) is 0 Å². The summed E-state index contributed by atoms with van der Waals surface area (Å²) in [6.45, 7) is 3.63. The third-order valence-corrected chi connectivity index (χ3v) is 8.74. The average molecular weight is 612 g/mol. The van der Waals surface area contributed by atoms with Crippen LogP contribution in [0.15, 0.2) is 88.7 Å². The molecule has 0 fully saturated rings. The highest BCUT2D eigenvalue weighted by Gasteiger charge is 2.51.